The molecule has 2 rings (SSSR count). The molecule has 1 aromatic carbocycles. The first-order valence-corrected chi connectivity index (χ1v) is 4.88. The third kappa shape index (κ3) is 2.03. The van der Waals surface area contributed by atoms with Gasteiger partial charge in [0.05, 0.1) is 5.52 Å². The molecular formula is C10H10F2N4O. The van der Waals surface area contributed by atoms with Crippen LogP contribution in [0.1, 0.15) is 6.42 Å². The Kier molecular flexibility index (Phi) is 2.66. The van der Waals surface area contributed by atoms with Gasteiger partial charge in [-0.1, -0.05) is 0 Å². The number of aromatic nitrogens is 2. The van der Waals surface area contributed by atoms with E-state index in [1.54, 1.807) is 0 Å². The summed E-state index contributed by atoms with van der Waals surface area (Å²) >= 11 is 0. The number of anilines is 1. The molecule has 0 aliphatic rings. The predicted octanol–water partition coefficient (Wildman–Crippen LogP) is 0.772. The number of carbonyl (C=O) groups is 1. The van der Waals surface area contributed by atoms with Gasteiger partial charge in [0.1, 0.15) is 11.3 Å². The molecule has 2 aromatic rings. The highest BCUT2D eigenvalue weighted by atomic mass is 19.1. The van der Waals surface area contributed by atoms with Crippen molar-refractivity contribution < 1.29 is 13.6 Å². The van der Waals surface area contributed by atoms with E-state index in [1.165, 1.54) is 4.57 Å². The number of nitrogens with zero attached hydrogens (tertiary/aromatic N) is 2. The van der Waals surface area contributed by atoms with Crippen LogP contribution < -0.4 is 11.5 Å². The highest BCUT2D eigenvalue weighted by Crippen LogP contribution is 2.22. The topological polar surface area (TPSA) is 86.9 Å². The molecule has 4 N–H and O–H groups in total. The molecule has 0 aliphatic carbocycles. The Bertz CT molecular complexity index is 593. The zero-order valence-corrected chi connectivity index (χ0v) is 8.78. The lowest BCUT2D eigenvalue weighted by molar-refractivity contribution is -0.118. The third-order valence-electron chi connectivity index (χ3n) is 2.38. The molecule has 1 amide bonds. The van der Waals surface area contributed by atoms with E-state index in [2.05, 4.69) is 4.98 Å². The first-order valence-electron chi connectivity index (χ1n) is 4.88. The van der Waals surface area contributed by atoms with Crippen molar-refractivity contribution in [3.05, 3.63) is 23.8 Å². The van der Waals surface area contributed by atoms with E-state index < -0.39 is 17.5 Å². The first kappa shape index (κ1) is 11.3. The van der Waals surface area contributed by atoms with Gasteiger partial charge in [0, 0.05) is 25.1 Å². The van der Waals surface area contributed by atoms with Crippen LogP contribution in [0.5, 0.6) is 0 Å². The number of fused-ring (bicyclic) bond motifs is 1. The fraction of sp³-hybridized carbons (Fsp3) is 0.200. The molecule has 0 bridgehead atoms. The van der Waals surface area contributed by atoms with Crippen LogP contribution in [-0.2, 0) is 11.3 Å². The summed E-state index contributed by atoms with van der Waals surface area (Å²) in [6, 6.07) is 1.84. The van der Waals surface area contributed by atoms with Crippen molar-refractivity contribution in [2.75, 3.05) is 5.73 Å². The maximum atomic E-state index is 13.4. The Morgan fingerprint density at radius 2 is 2.12 bits per heavy atom. The number of nitrogen functional groups attached to an aromatic ring is 1. The third-order valence-corrected chi connectivity index (χ3v) is 2.38. The van der Waals surface area contributed by atoms with E-state index in [9.17, 15) is 13.6 Å². The lowest BCUT2D eigenvalue weighted by Crippen LogP contribution is -2.14. The molecule has 7 heteroatoms. The number of carbonyl (C=O) groups excluding carboxylic acids is 1. The van der Waals surface area contributed by atoms with Gasteiger partial charge in [-0.15, -0.1) is 0 Å². The molecule has 5 nitrogen and oxygen atoms in total. The summed E-state index contributed by atoms with van der Waals surface area (Å²) in [6.45, 7) is 0.139. The summed E-state index contributed by atoms with van der Waals surface area (Å²) in [7, 11) is 0. The summed E-state index contributed by atoms with van der Waals surface area (Å²) in [5, 5.41) is 0. The van der Waals surface area contributed by atoms with Gasteiger partial charge in [-0.25, -0.2) is 13.8 Å². The average Bonchev–Trinajstić information content (AvgIpc) is 2.52. The van der Waals surface area contributed by atoms with Crippen molar-refractivity contribution in [2.45, 2.75) is 13.0 Å². The molecule has 1 aromatic heterocycles. The number of amides is 1. The molecule has 0 aliphatic heterocycles. The molecule has 17 heavy (non-hydrogen) atoms. The van der Waals surface area contributed by atoms with Gasteiger partial charge in [0.2, 0.25) is 11.9 Å². The summed E-state index contributed by atoms with van der Waals surface area (Å²) < 4.78 is 27.8. The Hall–Kier alpha value is -2.18. The van der Waals surface area contributed by atoms with Crippen LogP contribution in [0.2, 0.25) is 0 Å². The van der Waals surface area contributed by atoms with Crippen molar-refractivity contribution in [1.82, 2.24) is 9.55 Å². The smallest absolute Gasteiger partial charge is 0.219 e. The van der Waals surface area contributed by atoms with Gasteiger partial charge in [-0.3, -0.25) is 4.79 Å². The maximum absolute atomic E-state index is 13.4. The quantitative estimate of drug-likeness (QED) is 0.830. The Morgan fingerprint density at radius 1 is 1.41 bits per heavy atom. The van der Waals surface area contributed by atoms with Crippen molar-refractivity contribution in [2.24, 2.45) is 5.73 Å². The molecule has 0 saturated carbocycles. The molecule has 0 radical (unpaired) electrons. The molecule has 0 atom stereocenters. The maximum Gasteiger partial charge on any atom is 0.219 e. The van der Waals surface area contributed by atoms with Crippen molar-refractivity contribution in [3.8, 4) is 0 Å². The minimum atomic E-state index is -0.787. The average molecular weight is 240 g/mol. The molecule has 90 valence electrons. The van der Waals surface area contributed by atoms with Crippen LogP contribution in [0.4, 0.5) is 14.7 Å². The van der Waals surface area contributed by atoms with E-state index in [4.69, 9.17) is 11.5 Å². The second-order valence-corrected chi connectivity index (χ2v) is 3.59. The van der Waals surface area contributed by atoms with Crippen molar-refractivity contribution >= 4 is 22.9 Å². The number of aryl methyl sites for hydroxylation is 1. The number of hydrogen-bond donors (Lipinski definition) is 2. The van der Waals surface area contributed by atoms with Gasteiger partial charge in [0.25, 0.3) is 0 Å². The standard InChI is InChI=1S/C10H10F2N4O/c11-5-3-6(12)9-7(4-5)16(10(14)15-9)2-1-8(13)17/h3-4H,1-2H2,(H2,13,17)(H2,14,15). The summed E-state index contributed by atoms with van der Waals surface area (Å²) in [5.74, 6) is -2.02. The highest BCUT2D eigenvalue weighted by Gasteiger charge is 2.14. The van der Waals surface area contributed by atoms with Gasteiger partial charge in [-0.2, -0.15) is 0 Å². The zero-order valence-electron chi connectivity index (χ0n) is 8.78. The molecular weight excluding hydrogens is 230 g/mol. The molecule has 0 unspecified atom stereocenters. The molecule has 0 fully saturated rings. The SMILES string of the molecule is NC(=O)CCn1c(N)nc2c(F)cc(F)cc21. The number of rotatable bonds is 3. The van der Waals surface area contributed by atoms with Gasteiger partial charge in [-0.05, 0) is 0 Å². The second-order valence-electron chi connectivity index (χ2n) is 3.59. The molecule has 0 saturated heterocycles. The van der Waals surface area contributed by atoms with E-state index in [0.29, 0.717) is 0 Å². The van der Waals surface area contributed by atoms with Crippen molar-refractivity contribution in [1.29, 1.82) is 0 Å². The number of hydrogen-bond acceptors (Lipinski definition) is 3. The molecule has 1 heterocycles. The number of benzene rings is 1. The number of primary amides is 1. The van der Waals surface area contributed by atoms with Gasteiger partial charge in [0.15, 0.2) is 5.82 Å². The van der Waals surface area contributed by atoms with Crippen molar-refractivity contribution in [3.63, 3.8) is 0 Å². The molecule has 0 spiro atoms. The first-order chi connectivity index (χ1) is 7.99. The van der Waals surface area contributed by atoms with E-state index in [0.717, 1.165) is 12.1 Å². The fourth-order valence-corrected chi connectivity index (χ4v) is 1.62. The summed E-state index contributed by atoms with van der Waals surface area (Å²) in [4.78, 5) is 14.5. The zero-order chi connectivity index (χ0) is 12.6. The minimum Gasteiger partial charge on any atom is -0.370 e. The van der Waals surface area contributed by atoms with Crippen LogP contribution in [0.15, 0.2) is 12.1 Å². The van der Waals surface area contributed by atoms with Gasteiger partial charge < -0.3 is 16.0 Å². The van der Waals surface area contributed by atoms with Crippen LogP contribution >= 0.6 is 0 Å². The Labute approximate surface area is 95.0 Å². The monoisotopic (exact) mass is 240 g/mol. The summed E-state index contributed by atoms with van der Waals surface area (Å²) in [6.07, 6.45) is 0.0216. The minimum absolute atomic E-state index is 0.0192. The second kappa shape index (κ2) is 4.00. The lowest BCUT2D eigenvalue weighted by atomic mass is 10.3. The Morgan fingerprint density at radius 3 is 2.76 bits per heavy atom. The lowest BCUT2D eigenvalue weighted by Gasteiger charge is -2.04. The van der Waals surface area contributed by atoms with E-state index in [-0.39, 0.29) is 29.9 Å². The predicted molar refractivity (Wildman–Crippen MR) is 57.9 cm³/mol. The van der Waals surface area contributed by atoms with Gasteiger partial charge >= 0.3 is 0 Å². The largest absolute Gasteiger partial charge is 0.370 e. The number of nitrogens with two attached hydrogens (primary N) is 2. The highest BCUT2D eigenvalue weighted by molar-refractivity contribution is 5.79. The van der Waals surface area contributed by atoms with E-state index in [1.807, 2.05) is 0 Å². The fourth-order valence-electron chi connectivity index (χ4n) is 1.62. The van der Waals surface area contributed by atoms with Crippen LogP contribution in [0.25, 0.3) is 11.0 Å². The van der Waals surface area contributed by atoms with Crippen LogP contribution in [0, 0.1) is 11.6 Å². The van der Waals surface area contributed by atoms with Crippen LogP contribution in [-0.4, -0.2) is 15.5 Å². The number of halogens is 2. The van der Waals surface area contributed by atoms with Crippen LogP contribution in [0.3, 0.4) is 0 Å². The summed E-state index contributed by atoms with van der Waals surface area (Å²) in [5.41, 5.74) is 10.8. The Balaban J connectivity index is 2.54. The number of imidazole rings is 1. The normalized spacial score (nSPS) is 10.9. The van der Waals surface area contributed by atoms with E-state index >= 15 is 0 Å².